The fraction of sp³-hybridized carbons (Fsp3) is 0.615. The maximum absolute atomic E-state index is 13.6. The highest BCUT2D eigenvalue weighted by Gasteiger charge is 2.25. The summed E-state index contributed by atoms with van der Waals surface area (Å²) in [4.78, 5) is 5.00. The van der Waals surface area contributed by atoms with E-state index in [-0.39, 0.29) is 11.9 Å². The van der Waals surface area contributed by atoms with Crippen molar-refractivity contribution in [3.05, 3.63) is 23.6 Å². The molecule has 0 radical (unpaired) electrons. The number of pyridine rings is 1. The van der Waals surface area contributed by atoms with Crippen molar-refractivity contribution in [2.75, 3.05) is 11.9 Å². The van der Waals surface area contributed by atoms with Gasteiger partial charge in [0.05, 0.1) is 0 Å². The van der Waals surface area contributed by atoms with Crippen LogP contribution >= 0.6 is 0 Å². The smallest absolute Gasteiger partial charge is 0.251 e. The zero-order valence-corrected chi connectivity index (χ0v) is 10.6. The third-order valence-corrected chi connectivity index (χ3v) is 3.74. The van der Waals surface area contributed by atoms with E-state index >= 15 is 0 Å². The van der Waals surface area contributed by atoms with Crippen LogP contribution in [0, 0.1) is 23.5 Å². The third kappa shape index (κ3) is 2.60. The molecular weight excluding hydrogens is 241 g/mol. The molecule has 1 aliphatic rings. The lowest BCUT2D eigenvalue weighted by Gasteiger charge is -2.34. The highest BCUT2D eigenvalue weighted by atomic mass is 19.2. The molecule has 0 aliphatic heterocycles. The van der Waals surface area contributed by atoms with E-state index in [0.717, 1.165) is 25.7 Å². The first kappa shape index (κ1) is 13.2. The first-order valence-electron chi connectivity index (χ1n) is 6.23. The Kier molecular flexibility index (Phi) is 3.78. The SMILES string of the molecule is CC1CCC(N(C)c2nc(F)c(F)cc2F)CC1. The Labute approximate surface area is 105 Å². The lowest BCUT2D eigenvalue weighted by Crippen LogP contribution is -2.36. The normalized spacial score (nSPS) is 24.1. The second-order valence-electron chi connectivity index (χ2n) is 5.09. The molecule has 0 amide bonds. The molecule has 5 heteroatoms. The molecule has 1 aliphatic carbocycles. The molecule has 0 bridgehead atoms. The van der Waals surface area contributed by atoms with Gasteiger partial charge in [-0.05, 0) is 31.6 Å². The van der Waals surface area contributed by atoms with Gasteiger partial charge in [-0.3, -0.25) is 0 Å². The van der Waals surface area contributed by atoms with E-state index in [1.165, 1.54) is 0 Å². The van der Waals surface area contributed by atoms with Crippen LogP contribution in [0.15, 0.2) is 6.07 Å². The number of nitrogens with zero attached hydrogens (tertiary/aromatic N) is 2. The molecule has 0 atom stereocenters. The van der Waals surface area contributed by atoms with Crippen molar-refractivity contribution in [2.45, 2.75) is 38.6 Å². The molecule has 2 nitrogen and oxygen atoms in total. The van der Waals surface area contributed by atoms with Crippen molar-refractivity contribution < 1.29 is 13.2 Å². The second-order valence-corrected chi connectivity index (χ2v) is 5.09. The van der Waals surface area contributed by atoms with Crippen LogP contribution in [0.25, 0.3) is 0 Å². The Balaban J connectivity index is 2.18. The summed E-state index contributed by atoms with van der Waals surface area (Å²) in [6.45, 7) is 2.19. The van der Waals surface area contributed by atoms with Gasteiger partial charge >= 0.3 is 0 Å². The van der Waals surface area contributed by atoms with Crippen LogP contribution in [-0.2, 0) is 0 Å². The van der Waals surface area contributed by atoms with Crippen LogP contribution in [0.1, 0.15) is 32.6 Å². The monoisotopic (exact) mass is 258 g/mol. The molecule has 100 valence electrons. The van der Waals surface area contributed by atoms with Gasteiger partial charge < -0.3 is 4.90 Å². The van der Waals surface area contributed by atoms with Crippen LogP contribution in [0.2, 0.25) is 0 Å². The number of aromatic nitrogens is 1. The molecule has 0 N–H and O–H groups in total. The van der Waals surface area contributed by atoms with Gasteiger partial charge in [-0.15, -0.1) is 0 Å². The van der Waals surface area contributed by atoms with Crippen LogP contribution < -0.4 is 4.90 Å². The minimum Gasteiger partial charge on any atom is -0.354 e. The zero-order valence-electron chi connectivity index (χ0n) is 10.6. The summed E-state index contributed by atoms with van der Waals surface area (Å²) < 4.78 is 39.5. The molecule has 0 saturated heterocycles. The molecule has 2 rings (SSSR count). The lowest BCUT2D eigenvalue weighted by molar-refractivity contribution is 0.337. The van der Waals surface area contributed by atoms with Crippen LogP contribution in [-0.4, -0.2) is 18.1 Å². The van der Waals surface area contributed by atoms with Crippen molar-refractivity contribution >= 4 is 5.82 Å². The Morgan fingerprint density at radius 1 is 1.11 bits per heavy atom. The first-order chi connectivity index (χ1) is 8.49. The van der Waals surface area contributed by atoms with E-state index < -0.39 is 17.6 Å². The average molecular weight is 258 g/mol. The van der Waals surface area contributed by atoms with Crippen LogP contribution in [0.5, 0.6) is 0 Å². The van der Waals surface area contributed by atoms with Gasteiger partial charge in [0.2, 0.25) is 0 Å². The van der Waals surface area contributed by atoms with E-state index in [2.05, 4.69) is 11.9 Å². The molecule has 0 unspecified atom stereocenters. The molecule has 0 aromatic carbocycles. The largest absolute Gasteiger partial charge is 0.354 e. The van der Waals surface area contributed by atoms with E-state index in [4.69, 9.17) is 0 Å². The van der Waals surface area contributed by atoms with Gasteiger partial charge in [0.25, 0.3) is 5.95 Å². The predicted molar refractivity (Wildman–Crippen MR) is 63.9 cm³/mol. The molecule has 1 aromatic rings. The minimum atomic E-state index is -1.25. The Morgan fingerprint density at radius 3 is 2.33 bits per heavy atom. The van der Waals surface area contributed by atoms with Crippen LogP contribution in [0.3, 0.4) is 0 Å². The number of anilines is 1. The quantitative estimate of drug-likeness (QED) is 0.755. The lowest BCUT2D eigenvalue weighted by atomic mass is 9.87. The van der Waals surface area contributed by atoms with Crippen molar-refractivity contribution in [3.63, 3.8) is 0 Å². The van der Waals surface area contributed by atoms with Crippen LogP contribution in [0.4, 0.5) is 19.0 Å². The third-order valence-electron chi connectivity index (χ3n) is 3.74. The summed E-state index contributed by atoms with van der Waals surface area (Å²) in [6, 6.07) is 0.702. The second kappa shape index (κ2) is 5.16. The van der Waals surface area contributed by atoms with Gasteiger partial charge in [-0.25, -0.2) is 8.78 Å². The van der Waals surface area contributed by atoms with Crippen molar-refractivity contribution in [1.82, 2.24) is 4.98 Å². The van der Waals surface area contributed by atoms with Gasteiger partial charge in [0, 0.05) is 19.2 Å². The summed E-state index contributed by atoms with van der Waals surface area (Å²) in [5.41, 5.74) is 0. The summed E-state index contributed by atoms with van der Waals surface area (Å²) >= 11 is 0. The molecule has 18 heavy (non-hydrogen) atoms. The number of rotatable bonds is 2. The Morgan fingerprint density at radius 2 is 1.72 bits per heavy atom. The zero-order chi connectivity index (χ0) is 13.3. The average Bonchev–Trinajstić information content (AvgIpc) is 2.34. The molecule has 1 fully saturated rings. The summed E-state index contributed by atoms with van der Waals surface area (Å²) in [5.74, 6) is -2.73. The van der Waals surface area contributed by atoms with Crippen molar-refractivity contribution in [2.24, 2.45) is 5.92 Å². The Hall–Kier alpha value is -1.26. The number of hydrogen-bond acceptors (Lipinski definition) is 2. The van der Waals surface area contributed by atoms with Crippen molar-refractivity contribution in [1.29, 1.82) is 0 Å². The van der Waals surface area contributed by atoms with E-state index in [1.54, 1.807) is 11.9 Å². The molecule has 1 aromatic heterocycles. The molecule has 0 spiro atoms. The fourth-order valence-corrected chi connectivity index (χ4v) is 2.49. The minimum absolute atomic E-state index is 0.103. The van der Waals surface area contributed by atoms with Gasteiger partial charge in [-0.1, -0.05) is 6.92 Å². The van der Waals surface area contributed by atoms with E-state index in [9.17, 15) is 13.2 Å². The molecule has 1 heterocycles. The van der Waals surface area contributed by atoms with Crippen molar-refractivity contribution in [3.8, 4) is 0 Å². The molecular formula is C13H17F3N2. The van der Waals surface area contributed by atoms with E-state index in [1.807, 2.05) is 0 Å². The molecule has 1 saturated carbocycles. The topological polar surface area (TPSA) is 16.1 Å². The highest BCUT2D eigenvalue weighted by molar-refractivity contribution is 5.40. The Bertz CT molecular complexity index is 428. The summed E-state index contributed by atoms with van der Waals surface area (Å²) in [7, 11) is 1.68. The maximum Gasteiger partial charge on any atom is 0.251 e. The maximum atomic E-state index is 13.6. The summed E-state index contributed by atoms with van der Waals surface area (Å²) in [5, 5.41) is 0. The predicted octanol–water partition coefficient (Wildman–Crippen LogP) is 3.51. The standard InChI is InChI=1S/C13H17F3N2/c1-8-3-5-9(6-4-8)18(2)13-11(15)7-10(14)12(16)17-13/h7-9H,3-6H2,1-2H3. The number of halogens is 3. The van der Waals surface area contributed by atoms with Gasteiger partial charge in [0.1, 0.15) is 0 Å². The fourth-order valence-electron chi connectivity index (χ4n) is 2.49. The van der Waals surface area contributed by atoms with Gasteiger partial charge in [0.15, 0.2) is 17.5 Å². The first-order valence-corrected chi connectivity index (χ1v) is 6.23. The van der Waals surface area contributed by atoms with Gasteiger partial charge in [-0.2, -0.15) is 9.37 Å². The number of hydrogen-bond donors (Lipinski definition) is 0. The summed E-state index contributed by atoms with van der Waals surface area (Å²) in [6.07, 6.45) is 4.00. The highest BCUT2D eigenvalue weighted by Crippen LogP contribution is 2.29. The van der Waals surface area contributed by atoms with E-state index in [0.29, 0.717) is 12.0 Å².